The van der Waals surface area contributed by atoms with Gasteiger partial charge >= 0.3 is 22.8 Å². The maximum absolute atomic E-state index is 13.8. The van der Waals surface area contributed by atoms with Crippen LogP contribution in [0.1, 0.15) is 67.2 Å². The summed E-state index contributed by atoms with van der Waals surface area (Å²) in [5.74, 6) is 0.725. The minimum absolute atomic E-state index is 0.113. The molecule has 0 N–H and O–H groups in total. The fraction of sp³-hybridized carbons (Fsp3) is 0.667. The van der Waals surface area contributed by atoms with Crippen molar-refractivity contribution in [2.75, 3.05) is 20.8 Å². The molecule has 1 aromatic carbocycles. The first-order valence-electron chi connectivity index (χ1n) is 15.0. The van der Waals surface area contributed by atoms with Gasteiger partial charge in [-0.25, -0.2) is 9.36 Å². The van der Waals surface area contributed by atoms with Gasteiger partial charge in [0.2, 0.25) is 0 Å². The van der Waals surface area contributed by atoms with E-state index in [1.165, 1.54) is 16.8 Å². The van der Waals surface area contributed by atoms with Crippen molar-refractivity contribution in [3.05, 3.63) is 62.9 Å². The Morgan fingerprint density at radius 3 is 2.00 bits per heavy atom. The summed E-state index contributed by atoms with van der Waals surface area (Å²) in [5, 5.41) is 0. The van der Waals surface area contributed by atoms with E-state index in [4.69, 9.17) is 27.2 Å². The Hall–Kier alpha value is -2.07. The monoisotopic (exact) mass is 620 g/mol. The highest BCUT2D eigenvalue weighted by molar-refractivity contribution is 6.84. The standard InChI is InChI=1S/C30H48N2O8Si2/c1-19(2)41(20(3)4)37-18-25-27(39-42(40-41,21(5)6)22(7)8)28(36-10)29(38-25)32-26(33)15-16-31(30(32)34)17-23-11-13-24(35-9)14-12-23/h11-16,19-22,25,27-29H,17-18H2,1-10H3/t25-,27?,28+,29-/m1/s1. The van der Waals surface area contributed by atoms with E-state index in [9.17, 15) is 9.59 Å². The molecule has 3 heterocycles. The summed E-state index contributed by atoms with van der Waals surface area (Å²) in [6, 6.07) is 8.84. The Kier molecular flexibility index (Phi) is 10.1. The third-order valence-corrected chi connectivity index (χ3v) is 19.0. The SMILES string of the molecule is COc1ccc(Cn2ccc(=O)n([C@@H]3O[C@@H]4CO[Si](C(C)C)(C(C)C)O[Si](C(C)C)(C(C)C)OC4[C@@H]3OC)c2=O)cc1. The molecule has 10 nitrogen and oxygen atoms in total. The molecule has 0 radical (unpaired) electrons. The van der Waals surface area contributed by atoms with Gasteiger partial charge in [-0.3, -0.25) is 9.36 Å². The van der Waals surface area contributed by atoms with Crippen LogP contribution < -0.4 is 16.0 Å². The molecule has 2 saturated heterocycles. The molecule has 2 aliphatic rings. The molecule has 12 heteroatoms. The lowest BCUT2D eigenvalue weighted by atomic mass is 10.1. The molecular formula is C30H48N2O8Si2. The third kappa shape index (κ3) is 5.86. The van der Waals surface area contributed by atoms with Crippen LogP contribution in [-0.2, 0) is 29.0 Å². The summed E-state index contributed by atoms with van der Waals surface area (Å²) in [6.07, 6.45) is -1.32. The van der Waals surface area contributed by atoms with Crippen LogP contribution in [0, 0.1) is 0 Å². The molecule has 42 heavy (non-hydrogen) atoms. The predicted molar refractivity (Wildman–Crippen MR) is 166 cm³/mol. The van der Waals surface area contributed by atoms with E-state index >= 15 is 0 Å². The summed E-state index contributed by atoms with van der Waals surface area (Å²) in [6.45, 7) is 17.8. The van der Waals surface area contributed by atoms with Crippen LogP contribution >= 0.6 is 0 Å². The van der Waals surface area contributed by atoms with Gasteiger partial charge in [0.1, 0.15) is 24.1 Å². The Bertz CT molecular complexity index is 1310. The molecule has 0 saturated carbocycles. The molecule has 1 unspecified atom stereocenters. The third-order valence-electron chi connectivity index (χ3n) is 8.74. The Balaban J connectivity index is 1.77. The maximum Gasteiger partial charge on any atom is 0.335 e. The van der Waals surface area contributed by atoms with Gasteiger partial charge in [-0.1, -0.05) is 67.5 Å². The lowest BCUT2D eigenvalue weighted by molar-refractivity contribution is -0.0658. The van der Waals surface area contributed by atoms with Gasteiger partial charge < -0.3 is 27.2 Å². The zero-order valence-corrected chi connectivity index (χ0v) is 28.7. The molecule has 0 bridgehead atoms. The lowest BCUT2D eigenvalue weighted by Crippen LogP contribution is -2.66. The van der Waals surface area contributed by atoms with Gasteiger partial charge in [-0.05, 0) is 39.9 Å². The number of hydrogen-bond donors (Lipinski definition) is 0. The number of methoxy groups -OCH3 is 2. The molecule has 4 atom stereocenters. The van der Waals surface area contributed by atoms with Crippen LogP contribution in [0.2, 0.25) is 22.2 Å². The first-order valence-corrected chi connectivity index (χ1v) is 18.9. The number of fused-ring (bicyclic) bond motifs is 1. The van der Waals surface area contributed by atoms with Crippen molar-refractivity contribution in [2.45, 2.75) is 109 Å². The highest BCUT2D eigenvalue weighted by atomic mass is 28.5. The number of benzene rings is 1. The van der Waals surface area contributed by atoms with Crippen molar-refractivity contribution in [1.82, 2.24) is 9.13 Å². The van der Waals surface area contributed by atoms with E-state index in [0.717, 1.165) is 15.9 Å². The molecule has 0 spiro atoms. The van der Waals surface area contributed by atoms with Crippen LogP contribution in [0.15, 0.2) is 46.1 Å². The van der Waals surface area contributed by atoms with E-state index in [1.54, 1.807) is 14.2 Å². The normalized spacial score (nSPS) is 25.6. The van der Waals surface area contributed by atoms with Gasteiger partial charge in [-0.15, -0.1) is 0 Å². The average molecular weight is 621 g/mol. The lowest BCUT2D eigenvalue weighted by Gasteiger charge is -2.51. The zero-order valence-electron chi connectivity index (χ0n) is 26.7. The second-order valence-electron chi connectivity index (χ2n) is 12.6. The van der Waals surface area contributed by atoms with Crippen molar-refractivity contribution < 1.29 is 27.2 Å². The molecule has 0 aliphatic carbocycles. The summed E-state index contributed by atoms with van der Waals surface area (Å²) in [7, 11) is -2.57. The Labute approximate surface area is 251 Å². The van der Waals surface area contributed by atoms with Crippen molar-refractivity contribution >= 4 is 17.1 Å². The van der Waals surface area contributed by atoms with Gasteiger partial charge in [0.05, 0.1) is 20.3 Å². The minimum Gasteiger partial charge on any atom is -0.497 e. The van der Waals surface area contributed by atoms with E-state index in [0.29, 0.717) is 0 Å². The molecule has 4 rings (SSSR count). The molecule has 2 aromatic rings. The highest BCUT2D eigenvalue weighted by Gasteiger charge is 2.62. The molecular weight excluding hydrogens is 573 g/mol. The van der Waals surface area contributed by atoms with Gasteiger partial charge in [0, 0.05) is 19.4 Å². The van der Waals surface area contributed by atoms with Crippen LogP contribution in [0.5, 0.6) is 5.75 Å². The summed E-state index contributed by atoms with van der Waals surface area (Å²) in [4.78, 5) is 27.1. The fourth-order valence-electron chi connectivity index (χ4n) is 6.39. The van der Waals surface area contributed by atoms with E-state index in [1.807, 2.05) is 24.3 Å². The van der Waals surface area contributed by atoms with Crippen LogP contribution in [0.25, 0.3) is 0 Å². The van der Waals surface area contributed by atoms with Gasteiger partial charge in [-0.2, -0.15) is 0 Å². The minimum atomic E-state index is -2.96. The van der Waals surface area contributed by atoms with Crippen LogP contribution in [-0.4, -0.2) is 65.4 Å². The quantitative estimate of drug-likeness (QED) is 0.364. The summed E-state index contributed by atoms with van der Waals surface area (Å²) in [5.41, 5.74) is 0.528. The summed E-state index contributed by atoms with van der Waals surface area (Å²) >= 11 is 0. The molecule has 2 aliphatic heterocycles. The van der Waals surface area contributed by atoms with E-state index < -0.39 is 52.9 Å². The predicted octanol–water partition coefficient (Wildman–Crippen LogP) is 4.94. The molecule has 234 valence electrons. The number of hydrogen-bond acceptors (Lipinski definition) is 8. The van der Waals surface area contributed by atoms with E-state index in [2.05, 4.69) is 55.4 Å². The van der Waals surface area contributed by atoms with Crippen molar-refractivity contribution in [1.29, 1.82) is 0 Å². The molecule has 0 amide bonds. The van der Waals surface area contributed by atoms with Crippen molar-refractivity contribution in [3.63, 3.8) is 0 Å². The van der Waals surface area contributed by atoms with Crippen molar-refractivity contribution in [3.8, 4) is 5.75 Å². The molecule has 2 fully saturated rings. The maximum atomic E-state index is 13.8. The van der Waals surface area contributed by atoms with Crippen LogP contribution in [0.3, 0.4) is 0 Å². The second kappa shape index (κ2) is 12.9. The van der Waals surface area contributed by atoms with Gasteiger partial charge in [0.15, 0.2) is 6.23 Å². The fourth-order valence-corrected chi connectivity index (χ4v) is 17.6. The largest absolute Gasteiger partial charge is 0.497 e. The number of rotatable bonds is 9. The number of nitrogens with zero attached hydrogens (tertiary/aromatic N) is 2. The molecule has 1 aromatic heterocycles. The summed E-state index contributed by atoms with van der Waals surface area (Å²) < 4.78 is 41.7. The Morgan fingerprint density at radius 2 is 1.48 bits per heavy atom. The highest BCUT2D eigenvalue weighted by Crippen LogP contribution is 2.48. The zero-order chi connectivity index (χ0) is 31.0. The second-order valence-corrected chi connectivity index (χ2v) is 21.5. The number of aromatic nitrogens is 2. The Morgan fingerprint density at radius 1 is 0.881 bits per heavy atom. The van der Waals surface area contributed by atoms with Gasteiger partial charge in [0.25, 0.3) is 5.56 Å². The smallest absolute Gasteiger partial charge is 0.335 e. The van der Waals surface area contributed by atoms with E-state index in [-0.39, 0.29) is 35.3 Å². The topological polar surface area (TPSA) is 99.4 Å². The number of ether oxygens (including phenoxy) is 3. The average Bonchev–Trinajstić information content (AvgIpc) is 3.25. The van der Waals surface area contributed by atoms with Crippen molar-refractivity contribution in [2.24, 2.45) is 0 Å². The first-order chi connectivity index (χ1) is 19.8. The van der Waals surface area contributed by atoms with Crippen LogP contribution in [0.4, 0.5) is 0 Å². The first kappa shape index (κ1) is 32.8.